The van der Waals surface area contributed by atoms with Gasteiger partial charge < -0.3 is 5.73 Å². The van der Waals surface area contributed by atoms with Crippen LogP contribution in [0, 0.1) is 12.7 Å². The van der Waals surface area contributed by atoms with Crippen molar-refractivity contribution < 1.29 is 12.8 Å². The smallest absolute Gasteiger partial charge is 0.243 e. The topological polar surface area (TPSA) is 72.2 Å². The van der Waals surface area contributed by atoms with E-state index in [9.17, 15) is 12.8 Å². The second-order valence-corrected chi connectivity index (χ2v) is 7.06. The van der Waals surface area contributed by atoms with Gasteiger partial charge in [-0.25, -0.2) is 17.5 Å². The van der Waals surface area contributed by atoms with Gasteiger partial charge in [0.1, 0.15) is 10.7 Å². The molecule has 0 aliphatic heterocycles. The van der Waals surface area contributed by atoms with Crippen LogP contribution in [0.3, 0.4) is 0 Å². The molecule has 0 aliphatic rings. The summed E-state index contributed by atoms with van der Waals surface area (Å²) in [5.74, 6) is -0.780. The molecule has 0 unspecified atom stereocenters. The van der Waals surface area contributed by atoms with E-state index in [0.717, 1.165) is 16.5 Å². The molecule has 3 N–H and O–H groups in total. The third-order valence-electron chi connectivity index (χ3n) is 2.91. The summed E-state index contributed by atoms with van der Waals surface area (Å²) >= 11 is 1.46. The van der Waals surface area contributed by atoms with Crippen molar-refractivity contribution in [1.29, 1.82) is 0 Å². The molecule has 4 nitrogen and oxygen atoms in total. The van der Waals surface area contributed by atoms with Gasteiger partial charge in [0.25, 0.3) is 0 Å². The van der Waals surface area contributed by atoms with Crippen LogP contribution in [-0.4, -0.2) is 8.42 Å². The lowest BCUT2D eigenvalue weighted by molar-refractivity contribution is 0.556. The molecular weight excluding hydrogens is 299 g/mol. The Kier molecular flexibility index (Phi) is 4.54. The fourth-order valence-corrected chi connectivity index (χ4v) is 3.76. The SMILES string of the molecule is Cc1ccsc1CNS(=O)(=O)c1cc(CN)ccc1F. The molecule has 1 aromatic heterocycles. The van der Waals surface area contributed by atoms with Gasteiger partial charge in [0, 0.05) is 18.0 Å². The first-order valence-corrected chi connectivity index (χ1v) is 8.31. The molecule has 20 heavy (non-hydrogen) atoms. The molecule has 0 fully saturated rings. The summed E-state index contributed by atoms with van der Waals surface area (Å²) in [6.07, 6.45) is 0. The highest BCUT2D eigenvalue weighted by molar-refractivity contribution is 7.89. The van der Waals surface area contributed by atoms with Crippen molar-refractivity contribution in [3.05, 3.63) is 51.5 Å². The predicted molar refractivity (Wildman–Crippen MR) is 77.4 cm³/mol. The predicted octanol–water partition coefficient (Wildman–Crippen LogP) is 2.13. The molecule has 0 bridgehead atoms. The molecule has 0 radical (unpaired) electrons. The minimum absolute atomic E-state index is 0.151. The van der Waals surface area contributed by atoms with E-state index in [1.165, 1.54) is 23.5 Å². The van der Waals surface area contributed by atoms with Crippen LogP contribution in [0.1, 0.15) is 16.0 Å². The lowest BCUT2D eigenvalue weighted by Gasteiger charge is -2.09. The van der Waals surface area contributed by atoms with Gasteiger partial charge in [0.2, 0.25) is 10.0 Å². The van der Waals surface area contributed by atoms with Gasteiger partial charge in [0.05, 0.1) is 0 Å². The number of nitrogens with one attached hydrogen (secondary N) is 1. The summed E-state index contributed by atoms with van der Waals surface area (Å²) in [6.45, 7) is 2.21. The van der Waals surface area contributed by atoms with Gasteiger partial charge in [-0.3, -0.25) is 0 Å². The molecule has 0 amide bonds. The standard InChI is InChI=1S/C13H15FN2O2S2/c1-9-4-5-19-12(9)8-16-20(17,18)13-6-10(7-15)2-3-11(13)14/h2-6,16H,7-8,15H2,1H3. The number of hydrogen-bond acceptors (Lipinski definition) is 4. The van der Waals surface area contributed by atoms with Crippen LogP contribution in [0.2, 0.25) is 0 Å². The number of halogens is 1. The minimum atomic E-state index is -3.89. The molecule has 1 aromatic carbocycles. The Morgan fingerprint density at radius 1 is 1.35 bits per heavy atom. The number of aryl methyl sites for hydroxylation is 1. The molecule has 0 aliphatic carbocycles. The summed E-state index contributed by atoms with van der Waals surface area (Å²) in [7, 11) is -3.89. The Balaban J connectivity index is 2.24. The van der Waals surface area contributed by atoms with E-state index in [-0.39, 0.29) is 18.0 Å². The number of thiophene rings is 1. The fraction of sp³-hybridized carbons (Fsp3) is 0.231. The van der Waals surface area contributed by atoms with E-state index in [1.54, 1.807) is 0 Å². The molecule has 0 saturated heterocycles. The van der Waals surface area contributed by atoms with Gasteiger partial charge in [-0.15, -0.1) is 11.3 Å². The zero-order valence-corrected chi connectivity index (χ0v) is 12.5. The first-order chi connectivity index (χ1) is 9.44. The van der Waals surface area contributed by atoms with E-state index >= 15 is 0 Å². The fourth-order valence-electron chi connectivity index (χ4n) is 1.70. The highest BCUT2D eigenvalue weighted by Crippen LogP contribution is 2.19. The Hall–Kier alpha value is -1.28. The van der Waals surface area contributed by atoms with Crippen LogP contribution in [0.4, 0.5) is 4.39 Å². The Labute approximate surface area is 121 Å². The van der Waals surface area contributed by atoms with E-state index in [2.05, 4.69) is 4.72 Å². The maximum atomic E-state index is 13.7. The number of sulfonamides is 1. The highest BCUT2D eigenvalue weighted by atomic mass is 32.2. The molecule has 0 spiro atoms. The van der Waals surface area contributed by atoms with Crippen LogP contribution >= 0.6 is 11.3 Å². The third-order valence-corrected chi connectivity index (χ3v) is 5.35. The van der Waals surface area contributed by atoms with Crippen molar-refractivity contribution in [2.24, 2.45) is 5.73 Å². The highest BCUT2D eigenvalue weighted by Gasteiger charge is 2.19. The zero-order valence-electron chi connectivity index (χ0n) is 10.9. The normalized spacial score (nSPS) is 11.8. The molecule has 2 rings (SSSR count). The monoisotopic (exact) mass is 314 g/mol. The minimum Gasteiger partial charge on any atom is -0.326 e. The number of nitrogens with two attached hydrogens (primary N) is 1. The molecule has 0 saturated carbocycles. The van der Waals surface area contributed by atoms with E-state index in [4.69, 9.17) is 5.73 Å². The molecular formula is C13H15FN2O2S2. The summed E-state index contributed by atoms with van der Waals surface area (Å²) in [6, 6.07) is 5.76. The number of benzene rings is 1. The lowest BCUT2D eigenvalue weighted by Crippen LogP contribution is -2.24. The van der Waals surface area contributed by atoms with E-state index < -0.39 is 15.8 Å². The van der Waals surface area contributed by atoms with Gasteiger partial charge in [-0.05, 0) is 41.6 Å². The average molecular weight is 314 g/mol. The van der Waals surface area contributed by atoms with Crippen LogP contribution in [0.15, 0.2) is 34.5 Å². The van der Waals surface area contributed by atoms with Crippen molar-refractivity contribution in [2.45, 2.75) is 24.9 Å². The second-order valence-electron chi connectivity index (χ2n) is 4.32. The van der Waals surface area contributed by atoms with Crippen LogP contribution < -0.4 is 10.5 Å². The average Bonchev–Trinajstić information content (AvgIpc) is 2.82. The molecule has 0 atom stereocenters. The number of hydrogen-bond donors (Lipinski definition) is 2. The van der Waals surface area contributed by atoms with Crippen molar-refractivity contribution in [2.75, 3.05) is 0 Å². The van der Waals surface area contributed by atoms with Crippen LogP contribution in [0.5, 0.6) is 0 Å². The summed E-state index contributed by atoms with van der Waals surface area (Å²) < 4.78 is 40.4. The summed E-state index contributed by atoms with van der Waals surface area (Å²) in [4.78, 5) is 0.540. The van der Waals surface area contributed by atoms with Gasteiger partial charge >= 0.3 is 0 Å². The zero-order chi connectivity index (χ0) is 14.8. The second kappa shape index (κ2) is 6.01. The molecule has 2 aromatic rings. The quantitative estimate of drug-likeness (QED) is 0.888. The number of rotatable bonds is 5. The van der Waals surface area contributed by atoms with Crippen LogP contribution in [0.25, 0.3) is 0 Å². The largest absolute Gasteiger partial charge is 0.326 e. The van der Waals surface area contributed by atoms with Crippen LogP contribution in [-0.2, 0) is 23.1 Å². The van der Waals surface area contributed by atoms with Crippen molar-refractivity contribution >= 4 is 21.4 Å². The van der Waals surface area contributed by atoms with Crippen molar-refractivity contribution in [3.8, 4) is 0 Å². The first-order valence-electron chi connectivity index (χ1n) is 5.95. The lowest BCUT2D eigenvalue weighted by atomic mass is 10.2. The van der Waals surface area contributed by atoms with E-state index in [0.29, 0.717) is 5.56 Å². The van der Waals surface area contributed by atoms with Gasteiger partial charge in [-0.1, -0.05) is 6.07 Å². The maximum absolute atomic E-state index is 13.7. The van der Waals surface area contributed by atoms with Gasteiger partial charge in [0.15, 0.2) is 0 Å². The van der Waals surface area contributed by atoms with Gasteiger partial charge in [-0.2, -0.15) is 0 Å². The Morgan fingerprint density at radius 2 is 2.10 bits per heavy atom. The van der Waals surface area contributed by atoms with Crippen molar-refractivity contribution in [3.63, 3.8) is 0 Å². The first kappa shape index (κ1) is 15.1. The summed E-state index contributed by atoms with van der Waals surface area (Å²) in [5, 5.41) is 1.88. The molecule has 1 heterocycles. The Bertz CT molecular complexity index is 711. The summed E-state index contributed by atoms with van der Waals surface area (Å²) in [5.41, 5.74) is 7.02. The molecule has 108 valence electrons. The molecule has 7 heteroatoms. The van der Waals surface area contributed by atoms with Crippen molar-refractivity contribution in [1.82, 2.24) is 4.72 Å². The maximum Gasteiger partial charge on any atom is 0.243 e. The Morgan fingerprint density at radius 3 is 2.70 bits per heavy atom. The third kappa shape index (κ3) is 3.24. The van der Waals surface area contributed by atoms with E-state index in [1.807, 2.05) is 18.4 Å².